The molecular weight excluding hydrogens is 286 g/mol. The van der Waals surface area contributed by atoms with E-state index in [1.165, 1.54) is 5.56 Å². The Balaban J connectivity index is 1.93. The highest BCUT2D eigenvalue weighted by Gasteiger charge is 2.15. The van der Waals surface area contributed by atoms with E-state index in [9.17, 15) is 4.79 Å². The van der Waals surface area contributed by atoms with Crippen molar-refractivity contribution in [1.82, 2.24) is 14.9 Å². The van der Waals surface area contributed by atoms with E-state index < -0.39 is 0 Å². The summed E-state index contributed by atoms with van der Waals surface area (Å²) in [4.78, 5) is 17.4. The molecule has 0 fully saturated rings. The minimum Gasteiger partial charge on any atom is -0.303 e. The quantitative estimate of drug-likeness (QED) is 0.787. The van der Waals surface area contributed by atoms with Crippen molar-refractivity contribution in [1.29, 1.82) is 0 Å². The molecule has 2 aromatic carbocycles. The Kier molecular flexibility index (Phi) is 4.53. The Hall–Kier alpha value is -2.46. The van der Waals surface area contributed by atoms with Gasteiger partial charge in [0.05, 0.1) is 16.9 Å². The second-order valence-electron chi connectivity index (χ2n) is 5.62. The van der Waals surface area contributed by atoms with Gasteiger partial charge in [0.25, 0.3) is 5.56 Å². The molecule has 1 N–H and O–H groups in total. The summed E-state index contributed by atoms with van der Waals surface area (Å²) in [5, 5.41) is 4.13. The molecule has 0 saturated heterocycles. The largest absolute Gasteiger partial charge is 0.303 e. The molecule has 0 aliphatic carbocycles. The molecule has 0 bridgehead atoms. The number of fused-ring (bicyclic) bond motifs is 1. The van der Waals surface area contributed by atoms with Crippen LogP contribution in [0.1, 0.15) is 31.3 Å². The summed E-state index contributed by atoms with van der Waals surface area (Å²) in [5.41, 5.74) is 2.00. The maximum Gasteiger partial charge on any atom is 0.261 e. The summed E-state index contributed by atoms with van der Waals surface area (Å²) in [5.74, 6) is 0.784. The number of para-hydroxylation sites is 1. The molecule has 1 atom stereocenters. The van der Waals surface area contributed by atoms with E-state index in [1.54, 1.807) is 4.57 Å². The maximum atomic E-state index is 12.7. The van der Waals surface area contributed by atoms with Crippen molar-refractivity contribution in [3.05, 3.63) is 76.3 Å². The highest BCUT2D eigenvalue weighted by Crippen LogP contribution is 2.14. The lowest BCUT2D eigenvalue weighted by Crippen LogP contribution is -2.30. The van der Waals surface area contributed by atoms with Crippen LogP contribution in [0.2, 0.25) is 0 Å². The number of nitrogens with zero attached hydrogens (tertiary/aromatic N) is 2. The van der Waals surface area contributed by atoms with Crippen molar-refractivity contribution >= 4 is 10.9 Å². The molecule has 4 nitrogen and oxygen atoms in total. The third kappa shape index (κ3) is 3.17. The van der Waals surface area contributed by atoms with E-state index in [-0.39, 0.29) is 11.6 Å². The van der Waals surface area contributed by atoms with Crippen LogP contribution in [0.4, 0.5) is 0 Å². The molecule has 118 valence electrons. The van der Waals surface area contributed by atoms with Crippen molar-refractivity contribution in [3.63, 3.8) is 0 Å². The van der Waals surface area contributed by atoms with Crippen LogP contribution in [-0.2, 0) is 13.1 Å². The van der Waals surface area contributed by atoms with Gasteiger partial charge in [-0.05, 0) is 31.5 Å². The van der Waals surface area contributed by atoms with Gasteiger partial charge in [-0.1, -0.05) is 42.5 Å². The van der Waals surface area contributed by atoms with E-state index >= 15 is 0 Å². The Bertz CT molecular complexity index is 855. The molecule has 0 aliphatic rings. The molecule has 23 heavy (non-hydrogen) atoms. The van der Waals surface area contributed by atoms with Gasteiger partial charge in [-0.15, -0.1) is 0 Å². The summed E-state index contributed by atoms with van der Waals surface area (Å²) in [6, 6.07) is 17.7. The fraction of sp³-hybridized carbons (Fsp3) is 0.263. The number of aromatic nitrogens is 2. The molecule has 3 rings (SSSR count). The summed E-state index contributed by atoms with van der Waals surface area (Å²) in [6.07, 6.45) is 0. The molecular formula is C19H21N3O. The maximum absolute atomic E-state index is 12.7. The topological polar surface area (TPSA) is 46.9 Å². The van der Waals surface area contributed by atoms with Crippen LogP contribution in [0.15, 0.2) is 59.4 Å². The normalized spacial score (nSPS) is 12.4. The van der Waals surface area contributed by atoms with Gasteiger partial charge < -0.3 is 5.32 Å². The zero-order chi connectivity index (χ0) is 16.2. The SMILES string of the molecule is CCn1c([C@@H](C)NCc2ccccc2)nc2ccccc2c1=O. The average molecular weight is 307 g/mol. The summed E-state index contributed by atoms with van der Waals surface area (Å²) in [6.45, 7) is 5.38. The number of benzene rings is 2. The van der Waals surface area contributed by atoms with Gasteiger partial charge in [0.15, 0.2) is 0 Å². The van der Waals surface area contributed by atoms with Crippen LogP contribution in [0, 0.1) is 0 Å². The molecule has 1 heterocycles. The van der Waals surface area contributed by atoms with E-state index in [4.69, 9.17) is 4.98 Å². The lowest BCUT2D eigenvalue weighted by atomic mass is 10.2. The molecule has 0 saturated carbocycles. The van der Waals surface area contributed by atoms with Gasteiger partial charge in [0.2, 0.25) is 0 Å². The molecule has 0 amide bonds. The van der Waals surface area contributed by atoms with Crippen molar-refractivity contribution in [3.8, 4) is 0 Å². The van der Waals surface area contributed by atoms with Gasteiger partial charge in [-0.3, -0.25) is 9.36 Å². The third-order valence-corrected chi connectivity index (χ3v) is 4.05. The van der Waals surface area contributed by atoms with Crippen molar-refractivity contribution in [2.75, 3.05) is 0 Å². The molecule has 0 aliphatic heterocycles. The Morgan fingerprint density at radius 3 is 2.52 bits per heavy atom. The minimum atomic E-state index is -0.00698. The fourth-order valence-electron chi connectivity index (χ4n) is 2.78. The molecule has 0 radical (unpaired) electrons. The predicted octanol–water partition coefficient (Wildman–Crippen LogP) is 3.27. The lowest BCUT2D eigenvalue weighted by molar-refractivity contribution is 0.504. The number of nitrogens with one attached hydrogen (secondary N) is 1. The Morgan fingerprint density at radius 2 is 1.78 bits per heavy atom. The zero-order valence-electron chi connectivity index (χ0n) is 13.5. The summed E-state index contributed by atoms with van der Waals surface area (Å²) < 4.78 is 1.75. The number of hydrogen-bond acceptors (Lipinski definition) is 3. The van der Waals surface area contributed by atoms with Gasteiger partial charge >= 0.3 is 0 Å². The molecule has 0 spiro atoms. The van der Waals surface area contributed by atoms with Crippen LogP contribution in [0.25, 0.3) is 10.9 Å². The number of hydrogen-bond donors (Lipinski definition) is 1. The first kappa shape index (κ1) is 15.4. The van der Waals surface area contributed by atoms with Gasteiger partial charge in [0, 0.05) is 13.1 Å². The van der Waals surface area contributed by atoms with Crippen LogP contribution >= 0.6 is 0 Å². The first-order chi connectivity index (χ1) is 11.2. The van der Waals surface area contributed by atoms with Crippen LogP contribution < -0.4 is 10.9 Å². The first-order valence-electron chi connectivity index (χ1n) is 7.97. The number of rotatable bonds is 5. The Morgan fingerprint density at radius 1 is 1.09 bits per heavy atom. The van der Waals surface area contributed by atoms with Crippen molar-refractivity contribution < 1.29 is 0 Å². The van der Waals surface area contributed by atoms with E-state index in [2.05, 4.69) is 17.4 Å². The first-order valence-corrected chi connectivity index (χ1v) is 7.97. The second-order valence-corrected chi connectivity index (χ2v) is 5.62. The predicted molar refractivity (Wildman–Crippen MR) is 93.4 cm³/mol. The van der Waals surface area contributed by atoms with Crippen molar-refractivity contribution in [2.24, 2.45) is 0 Å². The monoisotopic (exact) mass is 307 g/mol. The zero-order valence-corrected chi connectivity index (χ0v) is 13.5. The van der Waals surface area contributed by atoms with Crippen LogP contribution in [0.3, 0.4) is 0 Å². The molecule has 3 aromatic rings. The molecule has 1 aromatic heterocycles. The second kappa shape index (κ2) is 6.75. The fourth-order valence-corrected chi connectivity index (χ4v) is 2.78. The average Bonchev–Trinajstić information content (AvgIpc) is 2.60. The van der Waals surface area contributed by atoms with E-state index in [1.807, 2.05) is 56.3 Å². The van der Waals surface area contributed by atoms with E-state index in [0.717, 1.165) is 17.9 Å². The highest BCUT2D eigenvalue weighted by atomic mass is 16.1. The van der Waals surface area contributed by atoms with Crippen LogP contribution in [0.5, 0.6) is 0 Å². The third-order valence-electron chi connectivity index (χ3n) is 4.05. The summed E-state index contributed by atoms with van der Waals surface area (Å²) in [7, 11) is 0. The molecule has 4 heteroatoms. The van der Waals surface area contributed by atoms with Gasteiger partial charge in [0.1, 0.15) is 5.82 Å². The standard InChI is InChI=1S/C19H21N3O/c1-3-22-18(14(2)20-13-15-9-5-4-6-10-15)21-17-12-8-7-11-16(17)19(22)23/h4-12,14,20H,3,13H2,1-2H3/t14-/m1/s1. The van der Waals surface area contributed by atoms with Crippen LogP contribution in [-0.4, -0.2) is 9.55 Å². The Labute approximate surface area is 135 Å². The van der Waals surface area contributed by atoms with E-state index in [0.29, 0.717) is 11.9 Å². The summed E-state index contributed by atoms with van der Waals surface area (Å²) >= 11 is 0. The minimum absolute atomic E-state index is 0.00698. The molecule has 0 unspecified atom stereocenters. The van der Waals surface area contributed by atoms with Crippen molar-refractivity contribution in [2.45, 2.75) is 33.0 Å². The van der Waals surface area contributed by atoms with Gasteiger partial charge in [-0.25, -0.2) is 4.98 Å². The smallest absolute Gasteiger partial charge is 0.261 e. The van der Waals surface area contributed by atoms with Gasteiger partial charge in [-0.2, -0.15) is 0 Å². The lowest BCUT2D eigenvalue weighted by Gasteiger charge is -2.18. The highest BCUT2D eigenvalue weighted by molar-refractivity contribution is 5.77.